The zero-order valence-electron chi connectivity index (χ0n) is 12.8. The molecule has 0 aliphatic rings. The van der Waals surface area contributed by atoms with Crippen LogP contribution in [0.3, 0.4) is 0 Å². The summed E-state index contributed by atoms with van der Waals surface area (Å²) in [5.74, 6) is 0.559. The average molecular weight is 275 g/mol. The van der Waals surface area contributed by atoms with Crippen molar-refractivity contribution in [2.45, 2.75) is 26.3 Å². The minimum absolute atomic E-state index is 0.0579. The van der Waals surface area contributed by atoms with Crippen molar-refractivity contribution >= 4 is 12.0 Å². The zero-order chi connectivity index (χ0) is 15.0. The minimum atomic E-state index is -0.0579. The minimum Gasteiger partial charge on any atom is -0.351 e. The Hall–Kier alpha value is -1.68. The van der Waals surface area contributed by atoms with Gasteiger partial charge in [0.25, 0.3) is 0 Å². The Morgan fingerprint density at radius 1 is 1.35 bits per heavy atom. The molecule has 1 N–H and O–H groups in total. The van der Waals surface area contributed by atoms with Crippen molar-refractivity contribution in [3.8, 4) is 0 Å². The van der Waals surface area contributed by atoms with E-state index in [0.717, 1.165) is 12.0 Å². The van der Waals surface area contributed by atoms with Gasteiger partial charge in [0.2, 0.25) is 5.91 Å². The normalized spacial score (nSPS) is 13.1. The molecule has 0 aliphatic heterocycles. The number of carbonyl (C=O) groups excluding carboxylic acids is 1. The first-order chi connectivity index (χ1) is 9.49. The van der Waals surface area contributed by atoms with Crippen LogP contribution in [-0.2, 0) is 4.79 Å². The van der Waals surface area contributed by atoms with E-state index in [0.29, 0.717) is 18.5 Å². The lowest BCUT2D eigenvalue weighted by Crippen LogP contribution is -2.40. The summed E-state index contributed by atoms with van der Waals surface area (Å²) < 4.78 is 0. The van der Waals surface area contributed by atoms with E-state index >= 15 is 0 Å². The zero-order valence-corrected chi connectivity index (χ0v) is 12.8. The molecule has 110 valence electrons. The molecule has 20 heavy (non-hydrogen) atoms. The Kier molecular flexibility index (Phi) is 6.94. The first-order valence-corrected chi connectivity index (χ1v) is 7.01. The van der Waals surface area contributed by atoms with Gasteiger partial charge in [-0.2, -0.15) is 0 Å². The highest BCUT2D eigenvalue weighted by molar-refractivity contribution is 5.91. The molecule has 0 fully saturated rings. The van der Waals surface area contributed by atoms with Gasteiger partial charge < -0.3 is 10.2 Å². The van der Waals surface area contributed by atoms with E-state index in [1.807, 2.05) is 26.2 Å². The standard InChI is InChI=1S/C16H25N3O/c1-13(2)11-15(19(3)4)12-18-16(20)6-5-14-7-9-17-10-8-14/h5-10,13,15H,11-12H2,1-4H3,(H,18,20)/b6-5+/t15-/m0/s1. The van der Waals surface area contributed by atoms with E-state index in [-0.39, 0.29) is 5.91 Å². The van der Waals surface area contributed by atoms with Crippen LogP contribution in [0.25, 0.3) is 6.08 Å². The van der Waals surface area contributed by atoms with E-state index < -0.39 is 0 Å². The third-order valence-electron chi connectivity index (χ3n) is 3.12. The van der Waals surface area contributed by atoms with Gasteiger partial charge in [0.05, 0.1) is 0 Å². The molecule has 0 saturated carbocycles. The first-order valence-electron chi connectivity index (χ1n) is 7.01. The molecule has 4 heteroatoms. The number of hydrogen-bond donors (Lipinski definition) is 1. The van der Waals surface area contributed by atoms with Crippen molar-refractivity contribution < 1.29 is 4.79 Å². The molecule has 1 amide bonds. The van der Waals surface area contributed by atoms with Crippen LogP contribution in [0.2, 0.25) is 0 Å². The lowest BCUT2D eigenvalue weighted by atomic mass is 10.0. The van der Waals surface area contributed by atoms with Crippen molar-refractivity contribution in [2.75, 3.05) is 20.6 Å². The highest BCUT2D eigenvalue weighted by atomic mass is 16.1. The summed E-state index contributed by atoms with van der Waals surface area (Å²) in [5.41, 5.74) is 0.974. The molecular weight excluding hydrogens is 250 g/mol. The van der Waals surface area contributed by atoms with Gasteiger partial charge >= 0.3 is 0 Å². The van der Waals surface area contributed by atoms with Crippen molar-refractivity contribution in [3.63, 3.8) is 0 Å². The molecule has 1 aromatic heterocycles. The predicted molar refractivity (Wildman–Crippen MR) is 83.2 cm³/mol. The molecule has 0 unspecified atom stereocenters. The molecule has 0 saturated heterocycles. The molecule has 0 aliphatic carbocycles. The van der Waals surface area contributed by atoms with Gasteiger partial charge in [-0.1, -0.05) is 13.8 Å². The summed E-state index contributed by atoms with van der Waals surface area (Å²) in [5, 5.41) is 2.96. The van der Waals surface area contributed by atoms with Gasteiger partial charge in [0.15, 0.2) is 0 Å². The van der Waals surface area contributed by atoms with E-state index in [9.17, 15) is 4.79 Å². The number of carbonyl (C=O) groups is 1. The number of pyridine rings is 1. The van der Waals surface area contributed by atoms with Gasteiger partial charge in [0.1, 0.15) is 0 Å². The highest BCUT2D eigenvalue weighted by Gasteiger charge is 2.13. The molecule has 0 aromatic carbocycles. The maximum absolute atomic E-state index is 11.8. The second-order valence-corrected chi connectivity index (χ2v) is 5.61. The van der Waals surface area contributed by atoms with Crippen LogP contribution in [0, 0.1) is 5.92 Å². The van der Waals surface area contributed by atoms with E-state index in [4.69, 9.17) is 0 Å². The summed E-state index contributed by atoms with van der Waals surface area (Å²) in [4.78, 5) is 17.9. The molecule has 1 rings (SSSR count). The number of nitrogens with one attached hydrogen (secondary N) is 1. The molecule has 1 atom stereocenters. The van der Waals surface area contributed by atoms with Crippen LogP contribution in [0.5, 0.6) is 0 Å². The van der Waals surface area contributed by atoms with Crippen molar-refractivity contribution in [1.29, 1.82) is 0 Å². The van der Waals surface area contributed by atoms with Gasteiger partial charge in [-0.25, -0.2) is 0 Å². The number of likely N-dealkylation sites (N-methyl/N-ethyl adjacent to an activating group) is 1. The van der Waals surface area contributed by atoms with Crippen LogP contribution < -0.4 is 5.32 Å². The smallest absolute Gasteiger partial charge is 0.244 e. The Balaban J connectivity index is 2.43. The summed E-state index contributed by atoms with van der Waals surface area (Å²) in [6.45, 7) is 5.06. The van der Waals surface area contributed by atoms with Gasteiger partial charge in [-0.05, 0) is 50.2 Å². The summed E-state index contributed by atoms with van der Waals surface area (Å²) in [6.07, 6.45) is 7.85. The summed E-state index contributed by atoms with van der Waals surface area (Å²) in [6, 6.07) is 4.10. The van der Waals surface area contributed by atoms with Crippen molar-refractivity contribution in [1.82, 2.24) is 15.2 Å². The molecule has 0 spiro atoms. The number of hydrogen-bond acceptors (Lipinski definition) is 3. The Labute approximate surface area is 121 Å². The second-order valence-electron chi connectivity index (χ2n) is 5.61. The number of amides is 1. The van der Waals surface area contributed by atoms with E-state index in [1.165, 1.54) is 0 Å². The fraction of sp³-hybridized carbons (Fsp3) is 0.500. The van der Waals surface area contributed by atoms with Gasteiger partial charge in [0, 0.05) is 31.1 Å². The average Bonchev–Trinajstić information content (AvgIpc) is 2.41. The molecular formula is C16H25N3O. The molecule has 0 bridgehead atoms. The lowest BCUT2D eigenvalue weighted by Gasteiger charge is -2.26. The fourth-order valence-corrected chi connectivity index (χ4v) is 1.94. The molecule has 1 aromatic rings. The van der Waals surface area contributed by atoms with Crippen molar-refractivity contribution in [3.05, 3.63) is 36.2 Å². The Morgan fingerprint density at radius 3 is 2.55 bits per heavy atom. The maximum Gasteiger partial charge on any atom is 0.244 e. The number of nitrogens with zero attached hydrogens (tertiary/aromatic N) is 2. The summed E-state index contributed by atoms with van der Waals surface area (Å²) >= 11 is 0. The predicted octanol–water partition coefficient (Wildman–Crippen LogP) is 2.19. The maximum atomic E-state index is 11.8. The van der Waals surface area contributed by atoms with E-state index in [2.05, 4.69) is 29.0 Å². The van der Waals surface area contributed by atoms with Gasteiger partial charge in [-0.15, -0.1) is 0 Å². The van der Waals surface area contributed by atoms with Crippen LogP contribution >= 0.6 is 0 Å². The largest absolute Gasteiger partial charge is 0.351 e. The highest BCUT2D eigenvalue weighted by Crippen LogP contribution is 2.08. The van der Waals surface area contributed by atoms with Crippen LogP contribution in [0.4, 0.5) is 0 Å². The third kappa shape index (κ3) is 6.48. The Bertz CT molecular complexity index is 427. The van der Waals surface area contributed by atoms with Crippen molar-refractivity contribution in [2.24, 2.45) is 5.92 Å². The van der Waals surface area contributed by atoms with Crippen LogP contribution in [-0.4, -0.2) is 42.5 Å². The second kappa shape index (κ2) is 8.48. The number of aromatic nitrogens is 1. The first kappa shape index (κ1) is 16.4. The SMILES string of the molecule is CC(C)C[C@@H](CNC(=O)/C=C/c1ccncc1)N(C)C. The van der Waals surface area contributed by atoms with Crippen LogP contribution in [0.1, 0.15) is 25.8 Å². The fourth-order valence-electron chi connectivity index (χ4n) is 1.94. The third-order valence-corrected chi connectivity index (χ3v) is 3.12. The monoisotopic (exact) mass is 275 g/mol. The number of rotatable bonds is 7. The Morgan fingerprint density at radius 2 is 2.00 bits per heavy atom. The molecule has 0 radical (unpaired) electrons. The topological polar surface area (TPSA) is 45.2 Å². The molecule has 1 heterocycles. The molecule has 4 nitrogen and oxygen atoms in total. The van der Waals surface area contributed by atoms with Crippen LogP contribution in [0.15, 0.2) is 30.6 Å². The van der Waals surface area contributed by atoms with Gasteiger partial charge in [-0.3, -0.25) is 9.78 Å². The lowest BCUT2D eigenvalue weighted by molar-refractivity contribution is -0.116. The summed E-state index contributed by atoms with van der Waals surface area (Å²) in [7, 11) is 4.10. The quantitative estimate of drug-likeness (QED) is 0.776. The van der Waals surface area contributed by atoms with E-state index in [1.54, 1.807) is 24.5 Å².